The van der Waals surface area contributed by atoms with E-state index in [1.165, 1.54) is 0 Å². The standard InChI is InChI=1S/C28H30NO4P/c1-3-32-34(30,33-4-2)27(26-21-14-22-31-26)29-28(23-15-8-5-9-16-23,24-17-10-6-11-18-24)25-19-12-7-13-20-25/h5-22,27,29H,3-4H2,1-2H3. The highest BCUT2D eigenvalue weighted by Crippen LogP contribution is 2.61. The van der Waals surface area contributed by atoms with Gasteiger partial charge >= 0.3 is 7.60 Å². The Balaban J connectivity index is 2.00. The van der Waals surface area contributed by atoms with Gasteiger partial charge in [0.1, 0.15) is 5.76 Å². The average molecular weight is 476 g/mol. The van der Waals surface area contributed by atoms with Gasteiger partial charge in [-0.15, -0.1) is 0 Å². The smallest absolute Gasteiger partial charge is 0.355 e. The van der Waals surface area contributed by atoms with E-state index in [1.807, 2.05) is 68.4 Å². The fourth-order valence-corrected chi connectivity index (χ4v) is 6.22. The van der Waals surface area contributed by atoms with Crippen LogP contribution < -0.4 is 5.32 Å². The molecule has 5 nitrogen and oxygen atoms in total. The minimum atomic E-state index is -3.68. The van der Waals surface area contributed by atoms with Crippen LogP contribution in [0.3, 0.4) is 0 Å². The summed E-state index contributed by atoms with van der Waals surface area (Å²) in [6.07, 6.45) is 1.57. The molecule has 3 aromatic carbocycles. The second-order valence-electron chi connectivity index (χ2n) is 7.79. The fourth-order valence-electron chi connectivity index (χ4n) is 4.32. The van der Waals surface area contributed by atoms with Crippen molar-refractivity contribution in [3.8, 4) is 0 Å². The molecule has 4 aromatic rings. The van der Waals surface area contributed by atoms with Crippen molar-refractivity contribution in [3.63, 3.8) is 0 Å². The molecule has 34 heavy (non-hydrogen) atoms. The van der Waals surface area contributed by atoms with Crippen LogP contribution in [0.5, 0.6) is 0 Å². The fraction of sp³-hybridized carbons (Fsp3) is 0.214. The van der Waals surface area contributed by atoms with Gasteiger partial charge in [0.2, 0.25) is 0 Å². The molecule has 0 fully saturated rings. The quantitative estimate of drug-likeness (QED) is 0.185. The second-order valence-corrected chi connectivity index (χ2v) is 9.90. The van der Waals surface area contributed by atoms with E-state index in [-0.39, 0.29) is 13.2 Å². The van der Waals surface area contributed by atoms with Gasteiger partial charge in [-0.1, -0.05) is 91.0 Å². The molecule has 0 saturated heterocycles. The highest BCUT2D eigenvalue weighted by atomic mass is 31.2. The molecular weight excluding hydrogens is 445 g/mol. The third kappa shape index (κ3) is 4.79. The van der Waals surface area contributed by atoms with Gasteiger partial charge < -0.3 is 13.5 Å². The van der Waals surface area contributed by atoms with Crippen molar-refractivity contribution in [2.24, 2.45) is 0 Å². The molecule has 0 saturated carbocycles. The topological polar surface area (TPSA) is 60.7 Å². The molecular formula is C28H30NO4P. The normalized spacial score (nSPS) is 13.0. The van der Waals surface area contributed by atoms with E-state index in [0.717, 1.165) is 16.7 Å². The minimum absolute atomic E-state index is 0.241. The number of hydrogen-bond donors (Lipinski definition) is 1. The zero-order valence-corrected chi connectivity index (χ0v) is 20.4. The van der Waals surface area contributed by atoms with Gasteiger partial charge in [0.15, 0.2) is 5.78 Å². The Labute approximate surface area is 201 Å². The number of furan rings is 1. The maximum Gasteiger partial charge on any atom is 0.355 e. The number of hydrogen-bond acceptors (Lipinski definition) is 5. The lowest BCUT2D eigenvalue weighted by Crippen LogP contribution is -2.46. The first-order valence-electron chi connectivity index (χ1n) is 11.5. The average Bonchev–Trinajstić information content (AvgIpc) is 3.41. The van der Waals surface area contributed by atoms with Crippen molar-refractivity contribution in [1.29, 1.82) is 0 Å². The summed E-state index contributed by atoms with van der Waals surface area (Å²) in [6.45, 7) is 4.10. The second kappa shape index (κ2) is 11.0. The molecule has 6 heteroatoms. The van der Waals surface area contributed by atoms with Crippen LogP contribution in [0.25, 0.3) is 0 Å². The summed E-state index contributed by atoms with van der Waals surface area (Å²) in [6, 6.07) is 34.0. The molecule has 1 N–H and O–H groups in total. The summed E-state index contributed by atoms with van der Waals surface area (Å²) in [5.41, 5.74) is 2.10. The van der Waals surface area contributed by atoms with Crippen molar-refractivity contribution >= 4 is 7.60 Å². The largest absolute Gasteiger partial charge is 0.467 e. The molecule has 0 aliphatic rings. The Kier molecular flexibility index (Phi) is 7.81. The molecule has 0 bridgehead atoms. The van der Waals surface area contributed by atoms with Crippen LogP contribution in [0, 0.1) is 0 Å². The van der Waals surface area contributed by atoms with Crippen LogP contribution in [0.4, 0.5) is 0 Å². The van der Waals surface area contributed by atoms with Crippen LogP contribution in [-0.4, -0.2) is 13.2 Å². The zero-order valence-electron chi connectivity index (χ0n) is 19.5. The highest BCUT2D eigenvalue weighted by Gasteiger charge is 2.47. The minimum Gasteiger partial charge on any atom is -0.467 e. The first-order valence-corrected chi connectivity index (χ1v) is 13.1. The Hall–Kier alpha value is -2.95. The molecule has 1 heterocycles. The Morgan fingerprint density at radius 2 is 1.18 bits per heavy atom. The van der Waals surface area contributed by atoms with E-state index in [9.17, 15) is 4.57 Å². The van der Waals surface area contributed by atoms with Crippen molar-refractivity contribution in [3.05, 3.63) is 132 Å². The molecule has 1 atom stereocenters. The Morgan fingerprint density at radius 1 is 0.735 bits per heavy atom. The van der Waals surface area contributed by atoms with Crippen LogP contribution in [-0.2, 0) is 19.2 Å². The van der Waals surface area contributed by atoms with E-state index >= 15 is 0 Å². The van der Waals surface area contributed by atoms with E-state index in [4.69, 9.17) is 13.5 Å². The van der Waals surface area contributed by atoms with Crippen LogP contribution in [0.2, 0.25) is 0 Å². The van der Waals surface area contributed by atoms with E-state index in [1.54, 1.807) is 18.4 Å². The van der Waals surface area contributed by atoms with Gasteiger partial charge in [-0.25, -0.2) is 0 Å². The summed E-state index contributed by atoms with van der Waals surface area (Å²) in [5.74, 6) is -0.375. The summed E-state index contributed by atoms with van der Waals surface area (Å²) in [4.78, 5) is 0. The summed E-state index contributed by atoms with van der Waals surface area (Å²) >= 11 is 0. The molecule has 176 valence electrons. The van der Waals surface area contributed by atoms with Crippen molar-refractivity contribution < 1.29 is 18.0 Å². The monoisotopic (exact) mass is 475 g/mol. The molecule has 0 amide bonds. The summed E-state index contributed by atoms with van der Waals surface area (Å²) < 4.78 is 31.7. The molecule has 0 aliphatic carbocycles. The van der Waals surface area contributed by atoms with Gasteiger partial charge in [0, 0.05) is 0 Å². The zero-order chi connectivity index (χ0) is 23.9. The van der Waals surface area contributed by atoms with Crippen LogP contribution >= 0.6 is 7.60 Å². The Morgan fingerprint density at radius 3 is 1.53 bits per heavy atom. The van der Waals surface area contributed by atoms with E-state index in [2.05, 4.69) is 41.7 Å². The third-order valence-electron chi connectivity index (χ3n) is 5.72. The predicted octanol–water partition coefficient (Wildman–Crippen LogP) is 7.13. The van der Waals surface area contributed by atoms with E-state index in [0.29, 0.717) is 5.76 Å². The molecule has 1 aromatic heterocycles. The van der Waals surface area contributed by atoms with Crippen LogP contribution in [0.15, 0.2) is 114 Å². The summed E-state index contributed by atoms with van der Waals surface area (Å²) in [7, 11) is -3.68. The SMILES string of the molecule is CCOP(=O)(OCC)C(NC(c1ccccc1)(c1ccccc1)c1ccccc1)c1ccco1. The van der Waals surface area contributed by atoms with E-state index < -0.39 is 18.9 Å². The van der Waals surface area contributed by atoms with Crippen molar-refractivity contribution in [2.75, 3.05) is 13.2 Å². The van der Waals surface area contributed by atoms with Gasteiger partial charge in [-0.05, 0) is 42.7 Å². The number of benzene rings is 3. The lowest BCUT2D eigenvalue weighted by atomic mass is 9.77. The van der Waals surface area contributed by atoms with Gasteiger partial charge in [-0.3, -0.25) is 9.88 Å². The summed E-state index contributed by atoms with van der Waals surface area (Å²) in [5, 5.41) is 3.72. The number of nitrogens with one attached hydrogen (secondary N) is 1. The lowest BCUT2D eigenvalue weighted by Gasteiger charge is -2.41. The Bertz CT molecular complexity index is 1070. The molecule has 0 radical (unpaired) electrons. The maximum atomic E-state index is 14.2. The van der Waals surface area contributed by atoms with Gasteiger partial charge in [0.25, 0.3) is 0 Å². The van der Waals surface area contributed by atoms with Crippen molar-refractivity contribution in [1.82, 2.24) is 5.32 Å². The lowest BCUT2D eigenvalue weighted by molar-refractivity contribution is 0.198. The number of rotatable bonds is 11. The molecule has 0 spiro atoms. The molecule has 4 rings (SSSR count). The van der Waals surface area contributed by atoms with Gasteiger partial charge in [-0.2, -0.15) is 0 Å². The first-order chi connectivity index (χ1) is 16.6. The molecule has 0 aliphatic heterocycles. The van der Waals surface area contributed by atoms with Crippen molar-refractivity contribution in [2.45, 2.75) is 25.2 Å². The third-order valence-corrected chi connectivity index (χ3v) is 7.97. The van der Waals surface area contributed by atoms with Crippen LogP contribution in [0.1, 0.15) is 42.1 Å². The van der Waals surface area contributed by atoms with Gasteiger partial charge in [0.05, 0.1) is 25.0 Å². The maximum absolute atomic E-state index is 14.2. The predicted molar refractivity (Wildman–Crippen MR) is 135 cm³/mol. The highest BCUT2D eigenvalue weighted by molar-refractivity contribution is 7.54. The molecule has 1 unspecified atom stereocenters. The first kappa shape index (κ1) is 24.2.